The SMILES string of the molecule is C/C(=C\C(=O)CC(C)C)[C@H]1CC(=O)[C@@]2(C)C3=C(C(=O)C[C@]12C)[C@@]1(C)CCC(=O)C(C)(C)[C@@H]1C[C@@H]3O. The Morgan fingerprint density at radius 1 is 1.09 bits per heavy atom. The Labute approximate surface area is 209 Å². The maximum absolute atomic E-state index is 14.0. The van der Waals surface area contributed by atoms with Gasteiger partial charge in [-0.15, -0.1) is 0 Å². The van der Waals surface area contributed by atoms with Gasteiger partial charge in [0, 0.05) is 42.1 Å². The number of Topliss-reactive ketones (excluding diaryl/α,β-unsaturated/α-hetero) is 3. The van der Waals surface area contributed by atoms with Crippen LogP contribution in [-0.4, -0.2) is 34.3 Å². The van der Waals surface area contributed by atoms with Crippen LogP contribution in [0.25, 0.3) is 0 Å². The quantitative estimate of drug-likeness (QED) is 0.557. The second-order valence-electron chi connectivity index (χ2n) is 13.4. The van der Waals surface area contributed by atoms with Crippen LogP contribution in [0.3, 0.4) is 0 Å². The minimum absolute atomic E-state index is 0.00243. The highest BCUT2D eigenvalue weighted by atomic mass is 16.3. The Hall–Kier alpha value is -1.88. The average molecular weight is 483 g/mol. The number of hydrogen-bond donors (Lipinski definition) is 1. The fourth-order valence-electron chi connectivity index (χ4n) is 8.52. The third kappa shape index (κ3) is 3.43. The zero-order valence-corrected chi connectivity index (χ0v) is 22.7. The van der Waals surface area contributed by atoms with Gasteiger partial charge in [0.2, 0.25) is 0 Å². The number of rotatable bonds is 4. The fourth-order valence-corrected chi connectivity index (χ4v) is 8.52. The van der Waals surface area contributed by atoms with Gasteiger partial charge in [-0.1, -0.05) is 47.1 Å². The Morgan fingerprint density at radius 2 is 1.71 bits per heavy atom. The lowest BCUT2D eigenvalue weighted by Crippen LogP contribution is -2.59. The van der Waals surface area contributed by atoms with Gasteiger partial charge in [-0.2, -0.15) is 0 Å². The number of aliphatic hydroxyl groups is 1. The van der Waals surface area contributed by atoms with E-state index in [1.807, 2.05) is 48.5 Å². The zero-order chi connectivity index (χ0) is 26.3. The summed E-state index contributed by atoms with van der Waals surface area (Å²) in [5, 5.41) is 11.6. The van der Waals surface area contributed by atoms with Crippen LogP contribution in [0.2, 0.25) is 0 Å². The van der Waals surface area contributed by atoms with E-state index >= 15 is 0 Å². The van der Waals surface area contributed by atoms with Crippen molar-refractivity contribution in [1.82, 2.24) is 0 Å². The number of aliphatic hydroxyl groups excluding tert-OH is 1. The summed E-state index contributed by atoms with van der Waals surface area (Å²) in [6.45, 7) is 15.8. The molecule has 0 aromatic carbocycles. The van der Waals surface area contributed by atoms with Crippen molar-refractivity contribution >= 4 is 23.1 Å². The molecular formula is C30H42O5. The summed E-state index contributed by atoms with van der Waals surface area (Å²) in [6.07, 6.45) is 3.04. The summed E-state index contributed by atoms with van der Waals surface area (Å²) in [6, 6.07) is 0. The van der Waals surface area contributed by atoms with Gasteiger partial charge < -0.3 is 5.11 Å². The van der Waals surface area contributed by atoms with Crippen LogP contribution in [0, 0.1) is 39.4 Å². The lowest BCUT2D eigenvalue weighted by molar-refractivity contribution is -0.146. The fraction of sp³-hybridized carbons (Fsp3) is 0.733. The highest BCUT2D eigenvalue weighted by Gasteiger charge is 2.70. The maximum Gasteiger partial charge on any atom is 0.160 e. The first-order valence-electron chi connectivity index (χ1n) is 13.3. The number of ketones is 4. The molecule has 5 heteroatoms. The van der Waals surface area contributed by atoms with Gasteiger partial charge in [-0.05, 0) is 61.5 Å². The number of carbonyl (C=O) groups excluding carboxylic acids is 4. The molecular weight excluding hydrogens is 440 g/mol. The van der Waals surface area contributed by atoms with Crippen LogP contribution in [-0.2, 0) is 19.2 Å². The van der Waals surface area contributed by atoms with Gasteiger partial charge in [0.25, 0.3) is 0 Å². The molecule has 4 rings (SSSR count). The van der Waals surface area contributed by atoms with Crippen molar-refractivity contribution in [2.75, 3.05) is 0 Å². The minimum Gasteiger partial charge on any atom is -0.389 e. The molecule has 0 radical (unpaired) electrons. The molecule has 1 N–H and O–H groups in total. The van der Waals surface area contributed by atoms with Gasteiger partial charge in [-0.25, -0.2) is 0 Å². The molecule has 6 atom stereocenters. The van der Waals surface area contributed by atoms with E-state index in [4.69, 9.17) is 0 Å². The molecule has 35 heavy (non-hydrogen) atoms. The predicted molar refractivity (Wildman–Crippen MR) is 134 cm³/mol. The molecule has 0 bridgehead atoms. The number of hydrogen-bond acceptors (Lipinski definition) is 5. The number of carbonyl (C=O) groups is 4. The van der Waals surface area contributed by atoms with E-state index in [1.54, 1.807) is 6.08 Å². The molecule has 0 saturated heterocycles. The van der Waals surface area contributed by atoms with Gasteiger partial charge in [-0.3, -0.25) is 19.2 Å². The molecule has 0 aromatic rings. The molecule has 0 aliphatic heterocycles. The van der Waals surface area contributed by atoms with Crippen LogP contribution >= 0.6 is 0 Å². The third-order valence-electron chi connectivity index (χ3n) is 10.6. The second-order valence-corrected chi connectivity index (χ2v) is 13.4. The lowest BCUT2D eigenvalue weighted by atomic mass is 9.42. The van der Waals surface area contributed by atoms with Crippen molar-refractivity contribution in [3.8, 4) is 0 Å². The van der Waals surface area contributed by atoms with Crippen LogP contribution in [0.1, 0.15) is 93.9 Å². The highest BCUT2D eigenvalue weighted by Crippen LogP contribution is 2.70. The standard InChI is InChI=1S/C30H42O5/c1-16(2)11-18(31)12-17(3)19-13-24(35)30(8)26-20(32)14-22-27(4,5)23(34)9-10-28(22,6)25(26)21(33)15-29(19,30)7/h12,16,19-20,22,32H,9-11,13-15H2,1-8H3/b17-12+/t19-,20+,22+,28+,29-,30+/m1/s1. The Balaban J connectivity index is 1.86. The molecule has 2 fully saturated rings. The molecule has 192 valence electrons. The minimum atomic E-state index is -0.976. The topological polar surface area (TPSA) is 88.5 Å². The zero-order valence-electron chi connectivity index (χ0n) is 22.7. The van der Waals surface area contributed by atoms with Gasteiger partial charge in [0.1, 0.15) is 11.6 Å². The van der Waals surface area contributed by atoms with Crippen molar-refractivity contribution in [2.45, 2.75) is 100 Å². The normalized spacial score (nSPS) is 41.1. The molecule has 0 amide bonds. The maximum atomic E-state index is 14.0. The van der Waals surface area contributed by atoms with Crippen LogP contribution in [0.15, 0.2) is 22.8 Å². The predicted octanol–water partition coefficient (Wildman–Crippen LogP) is 5.20. The summed E-state index contributed by atoms with van der Waals surface area (Å²) in [7, 11) is 0. The van der Waals surface area contributed by atoms with E-state index in [-0.39, 0.29) is 53.7 Å². The van der Waals surface area contributed by atoms with Crippen LogP contribution in [0.5, 0.6) is 0 Å². The monoisotopic (exact) mass is 482 g/mol. The molecule has 2 saturated carbocycles. The highest BCUT2D eigenvalue weighted by molar-refractivity contribution is 6.06. The van der Waals surface area contributed by atoms with Gasteiger partial charge in [0.15, 0.2) is 11.6 Å². The summed E-state index contributed by atoms with van der Waals surface area (Å²) in [4.78, 5) is 53.2. The average Bonchev–Trinajstić information content (AvgIpc) is 2.93. The Morgan fingerprint density at radius 3 is 2.31 bits per heavy atom. The number of allylic oxidation sites excluding steroid dienone is 3. The number of fused-ring (bicyclic) bond motifs is 4. The van der Waals surface area contributed by atoms with E-state index in [2.05, 4.69) is 6.92 Å². The van der Waals surface area contributed by atoms with Crippen molar-refractivity contribution in [3.63, 3.8) is 0 Å². The van der Waals surface area contributed by atoms with Gasteiger partial charge >= 0.3 is 0 Å². The van der Waals surface area contributed by atoms with Crippen molar-refractivity contribution in [1.29, 1.82) is 0 Å². The summed E-state index contributed by atoms with van der Waals surface area (Å²) < 4.78 is 0. The first-order chi connectivity index (χ1) is 16.0. The van der Waals surface area contributed by atoms with E-state index < -0.39 is 27.8 Å². The van der Waals surface area contributed by atoms with E-state index in [1.165, 1.54) is 0 Å². The Kier molecular flexibility index (Phi) is 6.03. The van der Waals surface area contributed by atoms with Crippen LogP contribution < -0.4 is 0 Å². The molecule has 4 aliphatic carbocycles. The largest absolute Gasteiger partial charge is 0.389 e. The molecule has 0 spiro atoms. The molecule has 4 aliphatic rings. The molecule has 0 heterocycles. The first kappa shape index (κ1) is 26.2. The van der Waals surface area contributed by atoms with E-state index in [0.717, 1.165) is 5.57 Å². The van der Waals surface area contributed by atoms with E-state index in [0.29, 0.717) is 36.8 Å². The van der Waals surface area contributed by atoms with Crippen LogP contribution in [0.4, 0.5) is 0 Å². The van der Waals surface area contributed by atoms with Gasteiger partial charge in [0.05, 0.1) is 11.5 Å². The lowest BCUT2D eigenvalue weighted by Gasteiger charge is -2.60. The summed E-state index contributed by atoms with van der Waals surface area (Å²) in [5.74, 6) is 0.143. The second kappa shape index (κ2) is 8.06. The molecule has 0 unspecified atom stereocenters. The third-order valence-corrected chi connectivity index (χ3v) is 10.6. The molecule has 0 aromatic heterocycles. The van der Waals surface area contributed by atoms with Crippen molar-refractivity contribution in [3.05, 3.63) is 22.8 Å². The van der Waals surface area contributed by atoms with Crippen molar-refractivity contribution in [2.24, 2.45) is 39.4 Å². The molecule has 5 nitrogen and oxygen atoms in total. The smallest absolute Gasteiger partial charge is 0.160 e. The summed E-state index contributed by atoms with van der Waals surface area (Å²) >= 11 is 0. The van der Waals surface area contributed by atoms with E-state index in [9.17, 15) is 24.3 Å². The summed E-state index contributed by atoms with van der Waals surface area (Å²) in [5.41, 5.74) is -0.775. The van der Waals surface area contributed by atoms with Crippen molar-refractivity contribution < 1.29 is 24.3 Å². The first-order valence-corrected chi connectivity index (χ1v) is 13.3. The Bertz CT molecular complexity index is 1070.